The van der Waals surface area contributed by atoms with Gasteiger partial charge < -0.3 is 26.7 Å². The molecule has 2 atom stereocenters. The number of halogens is 1. The maximum atomic E-state index is 13.3. The number of carbonyl (C=O) groups excluding carboxylic acids is 4. The summed E-state index contributed by atoms with van der Waals surface area (Å²) in [5.41, 5.74) is 8.62. The minimum Gasteiger partial charge on any atom is -0.368 e. The zero-order valence-corrected chi connectivity index (χ0v) is 21.1. The third-order valence-corrected chi connectivity index (χ3v) is 6.22. The quantitative estimate of drug-likeness (QED) is 0.265. The highest BCUT2D eigenvalue weighted by Crippen LogP contribution is 2.29. The Morgan fingerprint density at radius 3 is 2.29 bits per heavy atom. The van der Waals surface area contributed by atoms with Crippen LogP contribution in [-0.2, 0) is 32.0 Å². The zero-order chi connectivity index (χ0) is 25.5. The number of hydrogen-bond acceptors (Lipinski definition) is 4. The first-order valence-electron chi connectivity index (χ1n) is 11.1. The van der Waals surface area contributed by atoms with Crippen LogP contribution in [0.3, 0.4) is 0 Å². The minimum atomic E-state index is -0.973. The van der Waals surface area contributed by atoms with E-state index in [1.807, 2.05) is 55.5 Å². The van der Waals surface area contributed by atoms with Gasteiger partial charge in [0, 0.05) is 35.3 Å². The van der Waals surface area contributed by atoms with E-state index in [1.165, 1.54) is 6.92 Å². The Labute approximate surface area is 211 Å². The van der Waals surface area contributed by atoms with E-state index in [1.54, 1.807) is 0 Å². The summed E-state index contributed by atoms with van der Waals surface area (Å²) in [5, 5.41) is 8.83. The number of nitrogens with two attached hydrogens (primary N) is 1. The average molecular weight is 542 g/mol. The second-order valence-corrected chi connectivity index (χ2v) is 9.14. The van der Waals surface area contributed by atoms with Crippen LogP contribution in [0.1, 0.15) is 23.7 Å². The SMILES string of the molecule is CC(=O)N[C@H](Cc1c(C)[nH]c2c(Br)cccc12)C(=O)N[C@@H](Cc1ccccc1)C(=O)NCC(N)=O. The highest BCUT2D eigenvalue weighted by atomic mass is 79.9. The Hall–Kier alpha value is -3.66. The number of primary amides is 1. The molecular formula is C25H28BrN5O4. The number of benzene rings is 2. The Morgan fingerprint density at radius 2 is 1.63 bits per heavy atom. The molecule has 0 bridgehead atoms. The second-order valence-electron chi connectivity index (χ2n) is 8.28. The second kappa shape index (κ2) is 11.7. The fourth-order valence-electron chi connectivity index (χ4n) is 3.92. The van der Waals surface area contributed by atoms with Crippen LogP contribution in [0.25, 0.3) is 10.9 Å². The molecule has 4 amide bonds. The molecule has 0 fully saturated rings. The smallest absolute Gasteiger partial charge is 0.243 e. The lowest BCUT2D eigenvalue weighted by Gasteiger charge is -2.23. The lowest BCUT2D eigenvalue weighted by atomic mass is 10.0. The number of rotatable bonds is 10. The first-order chi connectivity index (χ1) is 16.7. The maximum Gasteiger partial charge on any atom is 0.243 e. The van der Waals surface area contributed by atoms with E-state index in [0.717, 1.165) is 32.2 Å². The van der Waals surface area contributed by atoms with Gasteiger partial charge in [-0.05, 0) is 40.0 Å². The van der Waals surface area contributed by atoms with Gasteiger partial charge in [-0.2, -0.15) is 0 Å². The summed E-state index contributed by atoms with van der Waals surface area (Å²) in [6, 6.07) is 13.0. The Morgan fingerprint density at radius 1 is 0.943 bits per heavy atom. The van der Waals surface area contributed by atoms with Gasteiger partial charge in [0.2, 0.25) is 23.6 Å². The van der Waals surface area contributed by atoms with Crippen LogP contribution < -0.4 is 21.7 Å². The van der Waals surface area contributed by atoms with E-state index in [4.69, 9.17) is 5.73 Å². The number of aromatic amines is 1. The average Bonchev–Trinajstić information content (AvgIpc) is 3.13. The number of para-hydroxylation sites is 1. The Kier molecular flexibility index (Phi) is 8.64. The largest absolute Gasteiger partial charge is 0.368 e. The molecule has 3 rings (SSSR count). The third kappa shape index (κ3) is 6.92. The molecule has 9 nitrogen and oxygen atoms in total. The van der Waals surface area contributed by atoms with Crippen molar-refractivity contribution >= 4 is 50.5 Å². The molecular weight excluding hydrogens is 514 g/mol. The maximum absolute atomic E-state index is 13.3. The van der Waals surface area contributed by atoms with Crippen molar-refractivity contribution < 1.29 is 19.2 Å². The van der Waals surface area contributed by atoms with Crippen molar-refractivity contribution in [3.63, 3.8) is 0 Å². The normalized spacial score (nSPS) is 12.5. The minimum absolute atomic E-state index is 0.197. The van der Waals surface area contributed by atoms with Gasteiger partial charge in [-0.25, -0.2) is 0 Å². The molecule has 6 N–H and O–H groups in total. The fraction of sp³-hybridized carbons (Fsp3) is 0.280. The molecule has 0 aliphatic carbocycles. The number of aromatic nitrogens is 1. The standard InChI is InChI=1S/C25H28BrN5O4/c1-14-18(17-9-6-10-19(26)23(17)29-14)12-21(30-15(2)32)25(35)31-20(24(34)28-13-22(27)33)11-16-7-4-3-5-8-16/h3-10,20-21,29H,11-13H2,1-2H3,(H2,27,33)(H,28,34)(H,30,32)(H,31,35)/t20-,21+/m0/s1. The van der Waals surface area contributed by atoms with E-state index in [0.29, 0.717) is 0 Å². The fourth-order valence-corrected chi connectivity index (χ4v) is 4.38. The summed E-state index contributed by atoms with van der Waals surface area (Å²) >= 11 is 3.53. The van der Waals surface area contributed by atoms with Crippen LogP contribution in [0, 0.1) is 6.92 Å². The van der Waals surface area contributed by atoms with Crippen LogP contribution in [0.5, 0.6) is 0 Å². The van der Waals surface area contributed by atoms with Gasteiger partial charge in [0.05, 0.1) is 12.1 Å². The molecule has 10 heteroatoms. The van der Waals surface area contributed by atoms with Crippen molar-refractivity contribution in [2.45, 2.75) is 38.8 Å². The molecule has 0 saturated carbocycles. The molecule has 35 heavy (non-hydrogen) atoms. The van der Waals surface area contributed by atoms with E-state index in [2.05, 4.69) is 36.9 Å². The van der Waals surface area contributed by atoms with Crippen LogP contribution in [0.15, 0.2) is 53.0 Å². The molecule has 3 aromatic rings. The summed E-state index contributed by atoms with van der Waals surface area (Å²) in [6.45, 7) is 2.89. The van der Waals surface area contributed by atoms with Gasteiger partial charge in [-0.1, -0.05) is 42.5 Å². The molecule has 0 aliphatic heterocycles. The van der Waals surface area contributed by atoms with E-state index < -0.39 is 29.8 Å². The van der Waals surface area contributed by atoms with Gasteiger partial charge >= 0.3 is 0 Å². The number of H-pyrrole nitrogens is 1. The number of aryl methyl sites for hydroxylation is 1. The molecule has 2 aromatic carbocycles. The molecule has 184 valence electrons. The summed E-state index contributed by atoms with van der Waals surface area (Å²) in [4.78, 5) is 52.5. The lowest BCUT2D eigenvalue weighted by molar-refractivity contribution is -0.132. The summed E-state index contributed by atoms with van der Waals surface area (Å²) in [6.07, 6.45) is 0.414. The highest BCUT2D eigenvalue weighted by molar-refractivity contribution is 9.10. The Balaban J connectivity index is 1.86. The van der Waals surface area contributed by atoms with Crippen molar-refractivity contribution in [2.75, 3.05) is 6.54 Å². The van der Waals surface area contributed by atoms with Crippen molar-refractivity contribution in [1.29, 1.82) is 0 Å². The molecule has 1 heterocycles. The first kappa shape index (κ1) is 26.0. The predicted molar refractivity (Wildman–Crippen MR) is 136 cm³/mol. The highest BCUT2D eigenvalue weighted by Gasteiger charge is 2.28. The van der Waals surface area contributed by atoms with Crippen LogP contribution in [0.2, 0.25) is 0 Å². The van der Waals surface area contributed by atoms with Crippen LogP contribution >= 0.6 is 15.9 Å². The topological polar surface area (TPSA) is 146 Å². The zero-order valence-electron chi connectivity index (χ0n) is 19.5. The molecule has 0 saturated heterocycles. The number of amides is 4. The van der Waals surface area contributed by atoms with Gasteiger partial charge in [0.15, 0.2) is 0 Å². The summed E-state index contributed by atoms with van der Waals surface area (Å²) < 4.78 is 0.888. The van der Waals surface area contributed by atoms with Crippen molar-refractivity contribution in [2.24, 2.45) is 5.73 Å². The summed E-state index contributed by atoms with van der Waals surface area (Å²) in [5.74, 6) is -2.13. The molecule has 1 aromatic heterocycles. The number of carbonyl (C=O) groups is 4. The van der Waals surface area contributed by atoms with Gasteiger partial charge in [0.1, 0.15) is 12.1 Å². The van der Waals surface area contributed by atoms with Crippen LogP contribution in [0.4, 0.5) is 0 Å². The third-order valence-electron chi connectivity index (χ3n) is 5.56. The predicted octanol–water partition coefficient (Wildman–Crippen LogP) is 1.62. The van der Waals surface area contributed by atoms with E-state index in [-0.39, 0.29) is 25.3 Å². The molecule has 0 radical (unpaired) electrons. The molecule has 0 unspecified atom stereocenters. The van der Waals surface area contributed by atoms with E-state index in [9.17, 15) is 19.2 Å². The number of nitrogens with one attached hydrogen (secondary N) is 4. The Bertz CT molecular complexity index is 1240. The summed E-state index contributed by atoms with van der Waals surface area (Å²) in [7, 11) is 0. The van der Waals surface area contributed by atoms with Gasteiger partial charge in [-0.15, -0.1) is 0 Å². The van der Waals surface area contributed by atoms with Crippen molar-refractivity contribution in [3.8, 4) is 0 Å². The van der Waals surface area contributed by atoms with Gasteiger partial charge in [-0.3, -0.25) is 19.2 Å². The lowest BCUT2D eigenvalue weighted by Crippen LogP contribution is -2.55. The monoisotopic (exact) mass is 541 g/mol. The van der Waals surface area contributed by atoms with Crippen molar-refractivity contribution in [3.05, 3.63) is 69.8 Å². The first-order valence-corrected chi connectivity index (χ1v) is 11.9. The van der Waals surface area contributed by atoms with Crippen molar-refractivity contribution in [1.82, 2.24) is 20.9 Å². The number of fused-ring (bicyclic) bond motifs is 1. The number of hydrogen-bond donors (Lipinski definition) is 5. The van der Waals surface area contributed by atoms with E-state index >= 15 is 0 Å². The molecule has 0 spiro atoms. The molecule has 0 aliphatic rings. The van der Waals surface area contributed by atoms with Gasteiger partial charge in [0.25, 0.3) is 0 Å². The van der Waals surface area contributed by atoms with Crippen LogP contribution in [-0.4, -0.2) is 47.2 Å².